The summed E-state index contributed by atoms with van der Waals surface area (Å²) in [5.41, 5.74) is 2.47. The number of aromatic nitrogens is 5. The van der Waals surface area contributed by atoms with Crippen LogP contribution in [0.1, 0.15) is 40.6 Å². The van der Waals surface area contributed by atoms with E-state index in [0.717, 1.165) is 30.8 Å². The molecule has 1 amide bonds. The van der Waals surface area contributed by atoms with Crippen molar-refractivity contribution in [3.05, 3.63) is 53.9 Å². The van der Waals surface area contributed by atoms with Gasteiger partial charge in [-0.15, -0.1) is 0 Å². The van der Waals surface area contributed by atoms with Gasteiger partial charge in [0.15, 0.2) is 0 Å². The molecule has 7 nitrogen and oxygen atoms in total. The molecule has 1 atom stereocenters. The number of amides is 1. The van der Waals surface area contributed by atoms with Gasteiger partial charge in [0.25, 0.3) is 11.7 Å². The molecule has 1 unspecified atom stereocenters. The van der Waals surface area contributed by atoms with Crippen LogP contribution in [0.5, 0.6) is 0 Å². The van der Waals surface area contributed by atoms with Crippen molar-refractivity contribution in [2.75, 3.05) is 13.1 Å². The van der Waals surface area contributed by atoms with E-state index in [1.807, 2.05) is 30.0 Å². The van der Waals surface area contributed by atoms with Crippen molar-refractivity contribution in [2.24, 2.45) is 0 Å². The van der Waals surface area contributed by atoms with Crippen molar-refractivity contribution >= 4 is 11.7 Å². The molecule has 1 aliphatic rings. The van der Waals surface area contributed by atoms with Crippen LogP contribution in [-0.4, -0.2) is 48.5 Å². The molecule has 0 aliphatic carbocycles. The van der Waals surface area contributed by atoms with Gasteiger partial charge in [0.05, 0.1) is 5.69 Å². The second kappa shape index (κ2) is 5.99. The van der Waals surface area contributed by atoms with Crippen molar-refractivity contribution in [2.45, 2.75) is 25.7 Å². The van der Waals surface area contributed by atoms with Crippen LogP contribution in [0.3, 0.4) is 0 Å². The van der Waals surface area contributed by atoms with E-state index >= 15 is 0 Å². The quantitative estimate of drug-likeness (QED) is 0.719. The number of nitrogens with zero attached hydrogens (tertiary/aromatic N) is 6. The Balaban J connectivity index is 1.63. The SMILES string of the molecule is Cc1cc(C2CCCN(C(=O)c3ccccn3)C2)n2ncnc2n1. The average Bonchev–Trinajstić information content (AvgIpc) is 3.09. The van der Waals surface area contributed by atoms with E-state index in [1.54, 1.807) is 16.8 Å². The number of hydrogen-bond acceptors (Lipinski definition) is 5. The predicted molar refractivity (Wildman–Crippen MR) is 87.6 cm³/mol. The highest BCUT2D eigenvalue weighted by Crippen LogP contribution is 2.27. The molecule has 1 fully saturated rings. The topological polar surface area (TPSA) is 76.3 Å². The van der Waals surface area contributed by atoms with Crippen molar-refractivity contribution in [3.8, 4) is 0 Å². The van der Waals surface area contributed by atoms with Crippen LogP contribution in [0.2, 0.25) is 0 Å². The largest absolute Gasteiger partial charge is 0.337 e. The molecule has 1 saturated heterocycles. The fourth-order valence-corrected chi connectivity index (χ4v) is 3.30. The molecule has 7 heteroatoms. The van der Waals surface area contributed by atoms with Gasteiger partial charge in [-0.3, -0.25) is 9.78 Å². The summed E-state index contributed by atoms with van der Waals surface area (Å²) in [5, 5.41) is 4.29. The Morgan fingerprint density at radius 3 is 3.04 bits per heavy atom. The smallest absolute Gasteiger partial charge is 0.272 e. The average molecular weight is 322 g/mol. The molecule has 0 spiro atoms. The number of carbonyl (C=O) groups excluding carboxylic acids is 1. The van der Waals surface area contributed by atoms with E-state index in [9.17, 15) is 4.79 Å². The lowest BCUT2D eigenvalue weighted by Gasteiger charge is -2.32. The highest BCUT2D eigenvalue weighted by atomic mass is 16.2. The van der Waals surface area contributed by atoms with E-state index in [0.29, 0.717) is 18.0 Å². The second-order valence-corrected chi connectivity index (χ2v) is 6.10. The van der Waals surface area contributed by atoms with Gasteiger partial charge in [-0.2, -0.15) is 10.1 Å². The second-order valence-electron chi connectivity index (χ2n) is 6.10. The standard InChI is InChI=1S/C17H18N6O/c1-12-9-15(23-17(21-12)19-11-20-23)13-5-4-8-22(10-13)16(24)14-6-2-3-7-18-14/h2-3,6-7,9,11,13H,4-5,8,10H2,1H3. The van der Waals surface area contributed by atoms with Crippen molar-refractivity contribution in [1.82, 2.24) is 29.5 Å². The predicted octanol–water partition coefficient (Wildman–Crippen LogP) is 1.85. The maximum absolute atomic E-state index is 12.7. The minimum atomic E-state index is -0.0130. The molecular weight excluding hydrogens is 304 g/mol. The van der Waals surface area contributed by atoms with Gasteiger partial charge < -0.3 is 4.90 Å². The summed E-state index contributed by atoms with van der Waals surface area (Å²) in [6.45, 7) is 3.38. The monoisotopic (exact) mass is 322 g/mol. The van der Waals surface area contributed by atoms with E-state index in [1.165, 1.54) is 6.33 Å². The van der Waals surface area contributed by atoms with Gasteiger partial charge in [0.2, 0.25) is 0 Å². The molecule has 122 valence electrons. The number of piperidine rings is 1. The third kappa shape index (κ3) is 2.62. The van der Waals surface area contributed by atoms with E-state index in [-0.39, 0.29) is 11.8 Å². The van der Waals surface area contributed by atoms with Crippen molar-refractivity contribution in [3.63, 3.8) is 0 Å². The van der Waals surface area contributed by atoms with Gasteiger partial charge in [-0.05, 0) is 38.0 Å². The zero-order valence-corrected chi connectivity index (χ0v) is 13.5. The third-order valence-corrected chi connectivity index (χ3v) is 4.42. The molecule has 3 aromatic heterocycles. The summed E-state index contributed by atoms with van der Waals surface area (Å²) in [7, 11) is 0. The maximum Gasteiger partial charge on any atom is 0.272 e. The first kappa shape index (κ1) is 14.7. The van der Waals surface area contributed by atoms with Crippen LogP contribution in [-0.2, 0) is 0 Å². The summed E-state index contributed by atoms with van der Waals surface area (Å²) in [6.07, 6.45) is 5.15. The first-order valence-electron chi connectivity index (χ1n) is 8.10. The highest BCUT2D eigenvalue weighted by Gasteiger charge is 2.28. The van der Waals surface area contributed by atoms with Gasteiger partial charge in [0, 0.05) is 30.9 Å². The maximum atomic E-state index is 12.7. The normalized spacial score (nSPS) is 18.0. The Morgan fingerprint density at radius 1 is 1.29 bits per heavy atom. The van der Waals surface area contributed by atoms with Gasteiger partial charge in [-0.25, -0.2) is 9.50 Å². The summed E-state index contributed by atoms with van der Waals surface area (Å²) in [4.78, 5) is 27.3. The number of rotatable bonds is 2. The number of likely N-dealkylation sites (tertiary alicyclic amines) is 1. The first-order valence-corrected chi connectivity index (χ1v) is 8.10. The molecule has 0 radical (unpaired) electrons. The Labute approximate surface area is 139 Å². The molecule has 0 bridgehead atoms. The molecule has 1 aliphatic heterocycles. The van der Waals surface area contributed by atoms with Crippen LogP contribution < -0.4 is 0 Å². The minimum absolute atomic E-state index is 0.0130. The fourth-order valence-electron chi connectivity index (χ4n) is 3.30. The Morgan fingerprint density at radius 2 is 2.21 bits per heavy atom. The highest BCUT2D eigenvalue weighted by molar-refractivity contribution is 5.92. The van der Waals surface area contributed by atoms with Crippen LogP contribution in [0.15, 0.2) is 36.8 Å². The van der Waals surface area contributed by atoms with Gasteiger partial charge in [0.1, 0.15) is 12.0 Å². The summed E-state index contributed by atoms with van der Waals surface area (Å²) in [5.74, 6) is 0.816. The lowest BCUT2D eigenvalue weighted by Crippen LogP contribution is -2.40. The van der Waals surface area contributed by atoms with Crippen molar-refractivity contribution < 1.29 is 4.79 Å². The van der Waals surface area contributed by atoms with Crippen LogP contribution in [0.4, 0.5) is 0 Å². The zero-order valence-electron chi connectivity index (χ0n) is 13.5. The molecule has 4 heterocycles. The van der Waals surface area contributed by atoms with Gasteiger partial charge in [-0.1, -0.05) is 6.07 Å². The number of hydrogen-bond donors (Lipinski definition) is 0. The number of aryl methyl sites for hydroxylation is 1. The molecule has 4 rings (SSSR count). The van der Waals surface area contributed by atoms with Crippen molar-refractivity contribution in [1.29, 1.82) is 0 Å². The molecule has 3 aromatic rings. The summed E-state index contributed by atoms with van der Waals surface area (Å²) >= 11 is 0. The molecule has 24 heavy (non-hydrogen) atoms. The number of carbonyl (C=O) groups is 1. The lowest BCUT2D eigenvalue weighted by atomic mass is 9.94. The fraction of sp³-hybridized carbons (Fsp3) is 0.353. The molecule has 0 aromatic carbocycles. The zero-order chi connectivity index (χ0) is 16.5. The summed E-state index contributed by atoms with van der Waals surface area (Å²) in [6, 6.07) is 7.46. The molecule has 0 N–H and O–H groups in total. The van der Waals surface area contributed by atoms with Crippen LogP contribution in [0, 0.1) is 6.92 Å². The third-order valence-electron chi connectivity index (χ3n) is 4.42. The summed E-state index contributed by atoms with van der Waals surface area (Å²) < 4.78 is 1.78. The van der Waals surface area contributed by atoms with E-state index in [2.05, 4.69) is 20.1 Å². The minimum Gasteiger partial charge on any atom is -0.337 e. The van der Waals surface area contributed by atoms with Crippen LogP contribution >= 0.6 is 0 Å². The number of pyridine rings is 1. The molecular formula is C17H18N6O. The van der Waals surface area contributed by atoms with E-state index in [4.69, 9.17) is 0 Å². The van der Waals surface area contributed by atoms with Gasteiger partial charge >= 0.3 is 0 Å². The Hall–Kier alpha value is -2.83. The van der Waals surface area contributed by atoms with E-state index < -0.39 is 0 Å². The number of fused-ring (bicyclic) bond motifs is 1. The lowest BCUT2D eigenvalue weighted by molar-refractivity contribution is 0.0699. The Kier molecular flexibility index (Phi) is 3.68. The first-order chi connectivity index (χ1) is 11.7. The van der Waals surface area contributed by atoms with Crippen LogP contribution in [0.25, 0.3) is 5.78 Å². The Bertz CT molecular complexity index is 875. The molecule has 0 saturated carbocycles.